The zero-order chi connectivity index (χ0) is 10.2. The monoisotopic (exact) mass is 205 g/mol. The largest absolute Gasteiger partial charge is 0.185 e. The van der Waals surface area contributed by atoms with Gasteiger partial charge in [-0.15, -0.1) is 0 Å². The van der Waals surface area contributed by atoms with Gasteiger partial charge in [-0.2, -0.15) is 5.26 Å². The summed E-state index contributed by atoms with van der Waals surface area (Å²) in [6.45, 7) is 2.20. The molecule has 0 aromatic heterocycles. The summed E-state index contributed by atoms with van der Waals surface area (Å²) in [4.78, 5) is 1.12. The number of thiocyanates is 1. The van der Waals surface area contributed by atoms with Crippen LogP contribution in [0.25, 0.3) is 0 Å². The third-order valence-electron chi connectivity index (χ3n) is 2.18. The zero-order valence-corrected chi connectivity index (χ0v) is 9.31. The minimum Gasteiger partial charge on any atom is -0.185 e. The molecule has 0 fully saturated rings. The first-order valence-electron chi connectivity index (χ1n) is 5.02. The Balaban J connectivity index is 2.60. The lowest BCUT2D eigenvalue weighted by atomic mass is 10.1. The van der Waals surface area contributed by atoms with Gasteiger partial charge in [0, 0.05) is 4.90 Å². The second kappa shape index (κ2) is 6.50. The van der Waals surface area contributed by atoms with Crippen LogP contribution in [0.5, 0.6) is 0 Å². The van der Waals surface area contributed by atoms with Crippen LogP contribution < -0.4 is 0 Å². The summed E-state index contributed by atoms with van der Waals surface area (Å²) in [5.41, 5.74) is 1.31. The molecule has 0 amide bonds. The van der Waals surface area contributed by atoms with Crippen molar-refractivity contribution in [3.8, 4) is 5.40 Å². The SMILES string of the molecule is CCCCCc1ccccc1SC#N. The predicted molar refractivity (Wildman–Crippen MR) is 61.1 cm³/mol. The Bertz CT molecular complexity index is 314. The summed E-state index contributed by atoms with van der Waals surface area (Å²) in [5.74, 6) is 0. The predicted octanol–water partition coefficient (Wildman–Crippen LogP) is 3.99. The molecular formula is C12H15NS. The van der Waals surface area contributed by atoms with E-state index in [2.05, 4.69) is 18.4 Å². The van der Waals surface area contributed by atoms with Crippen molar-refractivity contribution in [1.82, 2.24) is 0 Å². The number of hydrogen-bond acceptors (Lipinski definition) is 2. The van der Waals surface area contributed by atoms with E-state index in [1.807, 2.05) is 18.2 Å². The van der Waals surface area contributed by atoms with Crippen molar-refractivity contribution in [1.29, 1.82) is 5.26 Å². The van der Waals surface area contributed by atoms with Crippen LogP contribution in [-0.2, 0) is 6.42 Å². The highest BCUT2D eigenvalue weighted by Gasteiger charge is 2.00. The van der Waals surface area contributed by atoms with Gasteiger partial charge in [0.25, 0.3) is 0 Å². The molecule has 0 saturated heterocycles. The molecule has 0 aliphatic carbocycles. The average molecular weight is 205 g/mol. The van der Waals surface area contributed by atoms with Crippen molar-refractivity contribution < 1.29 is 0 Å². The Hall–Kier alpha value is -0.940. The molecule has 14 heavy (non-hydrogen) atoms. The minimum absolute atomic E-state index is 1.10. The Kier molecular flexibility index (Phi) is 5.17. The Morgan fingerprint density at radius 1 is 1.29 bits per heavy atom. The van der Waals surface area contributed by atoms with Crippen LogP contribution in [0.2, 0.25) is 0 Å². The molecule has 0 bridgehead atoms. The molecule has 0 radical (unpaired) electrons. The first-order chi connectivity index (χ1) is 6.88. The van der Waals surface area contributed by atoms with Crippen molar-refractivity contribution >= 4 is 11.8 Å². The normalized spacial score (nSPS) is 9.71. The van der Waals surface area contributed by atoms with Crippen LogP contribution in [0, 0.1) is 10.7 Å². The van der Waals surface area contributed by atoms with E-state index in [-0.39, 0.29) is 0 Å². The maximum absolute atomic E-state index is 8.63. The van der Waals surface area contributed by atoms with Crippen molar-refractivity contribution in [2.24, 2.45) is 0 Å². The Morgan fingerprint density at radius 2 is 2.07 bits per heavy atom. The van der Waals surface area contributed by atoms with Crippen LogP contribution in [0.4, 0.5) is 0 Å². The summed E-state index contributed by atoms with van der Waals surface area (Å²) >= 11 is 1.27. The highest BCUT2D eigenvalue weighted by molar-refractivity contribution is 8.03. The number of benzene rings is 1. The van der Waals surface area contributed by atoms with Gasteiger partial charge in [0.05, 0.1) is 0 Å². The molecule has 0 saturated carbocycles. The average Bonchev–Trinajstić information content (AvgIpc) is 2.21. The molecule has 0 unspecified atom stereocenters. The summed E-state index contributed by atoms with van der Waals surface area (Å²) in [6, 6.07) is 8.18. The lowest BCUT2D eigenvalue weighted by molar-refractivity contribution is 0.712. The number of rotatable bonds is 5. The van der Waals surface area contributed by atoms with Crippen LogP contribution in [0.3, 0.4) is 0 Å². The summed E-state index contributed by atoms with van der Waals surface area (Å²) in [7, 11) is 0. The fourth-order valence-corrected chi connectivity index (χ4v) is 1.97. The van der Waals surface area contributed by atoms with E-state index in [0.29, 0.717) is 0 Å². The highest BCUT2D eigenvalue weighted by atomic mass is 32.2. The van der Waals surface area contributed by atoms with Crippen molar-refractivity contribution in [3.63, 3.8) is 0 Å². The fourth-order valence-electron chi connectivity index (χ4n) is 1.42. The van der Waals surface area contributed by atoms with Gasteiger partial charge >= 0.3 is 0 Å². The van der Waals surface area contributed by atoms with E-state index in [9.17, 15) is 0 Å². The van der Waals surface area contributed by atoms with E-state index >= 15 is 0 Å². The van der Waals surface area contributed by atoms with Crippen molar-refractivity contribution in [2.75, 3.05) is 0 Å². The maximum atomic E-state index is 8.63. The molecule has 0 spiro atoms. The number of nitriles is 1. The molecule has 1 rings (SSSR count). The summed E-state index contributed by atoms with van der Waals surface area (Å²) < 4.78 is 0. The van der Waals surface area contributed by atoms with Gasteiger partial charge in [0.15, 0.2) is 0 Å². The zero-order valence-electron chi connectivity index (χ0n) is 8.49. The maximum Gasteiger partial charge on any atom is 0.138 e. The third-order valence-corrected chi connectivity index (χ3v) is 2.89. The molecule has 0 aliphatic heterocycles. The Morgan fingerprint density at radius 3 is 2.79 bits per heavy atom. The van der Waals surface area contributed by atoms with E-state index in [4.69, 9.17) is 5.26 Å². The molecule has 0 atom stereocenters. The molecular weight excluding hydrogens is 190 g/mol. The van der Waals surface area contributed by atoms with E-state index in [0.717, 1.165) is 11.3 Å². The van der Waals surface area contributed by atoms with E-state index in [1.54, 1.807) is 0 Å². The first kappa shape index (κ1) is 11.1. The summed E-state index contributed by atoms with van der Waals surface area (Å²) in [6.07, 6.45) is 4.83. The van der Waals surface area contributed by atoms with Crippen LogP contribution in [-0.4, -0.2) is 0 Å². The van der Waals surface area contributed by atoms with Gasteiger partial charge in [0.1, 0.15) is 5.40 Å². The summed E-state index contributed by atoms with van der Waals surface area (Å²) in [5, 5.41) is 10.8. The van der Waals surface area contributed by atoms with Gasteiger partial charge in [-0.05, 0) is 36.2 Å². The standard InChI is InChI=1S/C12H15NS/c1-2-3-4-7-11-8-5-6-9-12(11)14-10-13/h5-6,8-9H,2-4,7H2,1H3. The number of nitrogens with zero attached hydrogens (tertiary/aromatic N) is 1. The number of hydrogen-bond donors (Lipinski definition) is 0. The second-order valence-corrected chi connectivity index (χ2v) is 4.08. The molecule has 74 valence electrons. The molecule has 1 aromatic carbocycles. The first-order valence-corrected chi connectivity index (χ1v) is 5.84. The molecule has 0 N–H and O–H groups in total. The molecule has 1 aromatic rings. The highest BCUT2D eigenvalue weighted by Crippen LogP contribution is 2.22. The van der Waals surface area contributed by atoms with E-state index in [1.165, 1.54) is 36.6 Å². The van der Waals surface area contributed by atoms with Crippen LogP contribution in [0.1, 0.15) is 31.7 Å². The number of unbranched alkanes of at least 4 members (excludes halogenated alkanes) is 2. The fraction of sp³-hybridized carbons (Fsp3) is 0.417. The molecule has 0 aliphatic rings. The third kappa shape index (κ3) is 3.43. The molecule has 0 heterocycles. The van der Waals surface area contributed by atoms with Crippen LogP contribution in [0.15, 0.2) is 29.2 Å². The quantitative estimate of drug-likeness (QED) is 0.412. The van der Waals surface area contributed by atoms with Gasteiger partial charge < -0.3 is 0 Å². The van der Waals surface area contributed by atoms with Gasteiger partial charge in [-0.1, -0.05) is 38.0 Å². The van der Waals surface area contributed by atoms with Crippen molar-refractivity contribution in [3.05, 3.63) is 29.8 Å². The van der Waals surface area contributed by atoms with Gasteiger partial charge in [-0.25, -0.2) is 0 Å². The van der Waals surface area contributed by atoms with Gasteiger partial charge in [0.2, 0.25) is 0 Å². The topological polar surface area (TPSA) is 23.8 Å². The van der Waals surface area contributed by atoms with Crippen LogP contribution >= 0.6 is 11.8 Å². The van der Waals surface area contributed by atoms with Gasteiger partial charge in [-0.3, -0.25) is 0 Å². The molecule has 1 nitrogen and oxygen atoms in total. The lowest BCUT2D eigenvalue weighted by Crippen LogP contribution is -1.87. The molecule has 2 heteroatoms. The lowest BCUT2D eigenvalue weighted by Gasteiger charge is -2.04. The number of aryl methyl sites for hydroxylation is 1. The van der Waals surface area contributed by atoms with E-state index < -0.39 is 0 Å². The number of thioether (sulfide) groups is 1. The second-order valence-electron chi connectivity index (χ2n) is 3.26. The Labute approximate surface area is 90.1 Å². The smallest absolute Gasteiger partial charge is 0.138 e. The minimum atomic E-state index is 1.10. The van der Waals surface area contributed by atoms with Crippen molar-refractivity contribution in [2.45, 2.75) is 37.5 Å².